The lowest BCUT2D eigenvalue weighted by Gasteiger charge is -2.48. The average molecular weight is 325 g/mol. The highest BCUT2D eigenvalue weighted by atomic mass is 16.6. The van der Waals surface area contributed by atoms with Crippen LogP contribution in [0.1, 0.15) is 65.7 Å². The molecule has 0 bridgehead atoms. The summed E-state index contributed by atoms with van der Waals surface area (Å²) < 4.78 is 5.34. The van der Waals surface area contributed by atoms with Gasteiger partial charge in [0.25, 0.3) is 0 Å². The molecule has 0 aromatic heterocycles. The molecule has 0 saturated heterocycles. The van der Waals surface area contributed by atoms with Gasteiger partial charge in [-0.3, -0.25) is 0 Å². The predicted molar refractivity (Wildman–Crippen MR) is 93.7 cm³/mol. The minimum atomic E-state index is -0.424. The third-order valence-electron chi connectivity index (χ3n) is 5.40. The van der Waals surface area contributed by atoms with E-state index < -0.39 is 5.60 Å². The van der Waals surface area contributed by atoms with Gasteiger partial charge in [-0.1, -0.05) is 0 Å². The Hall–Kier alpha value is -0.810. The SMILES string of the molecule is CN(C)C1(CNC2CCC(NC(=O)OC(C)(C)C)CC2)CCC1. The van der Waals surface area contributed by atoms with Gasteiger partial charge in [-0.2, -0.15) is 0 Å². The number of nitrogens with zero attached hydrogens (tertiary/aromatic N) is 1. The molecule has 2 fully saturated rings. The van der Waals surface area contributed by atoms with Gasteiger partial charge >= 0.3 is 6.09 Å². The third kappa shape index (κ3) is 5.35. The van der Waals surface area contributed by atoms with Crippen molar-refractivity contribution in [2.75, 3.05) is 20.6 Å². The maximum atomic E-state index is 11.8. The average Bonchev–Trinajstić information content (AvgIpc) is 2.36. The van der Waals surface area contributed by atoms with Crippen LogP contribution in [-0.4, -0.2) is 54.9 Å². The number of carbonyl (C=O) groups excluding carboxylic acids is 1. The van der Waals surface area contributed by atoms with Crippen LogP contribution >= 0.6 is 0 Å². The van der Waals surface area contributed by atoms with E-state index in [1.54, 1.807) is 0 Å². The molecule has 2 aliphatic rings. The quantitative estimate of drug-likeness (QED) is 0.816. The Balaban J connectivity index is 1.67. The zero-order valence-corrected chi connectivity index (χ0v) is 15.6. The van der Waals surface area contributed by atoms with Gasteiger partial charge in [-0.05, 0) is 79.8 Å². The molecule has 0 spiro atoms. The topological polar surface area (TPSA) is 53.6 Å². The second kappa shape index (κ2) is 7.39. The van der Waals surface area contributed by atoms with E-state index in [2.05, 4.69) is 29.6 Å². The van der Waals surface area contributed by atoms with Crippen molar-refractivity contribution in [1.82, 2.24) is 15.5 Å². The van der Waals surface area contributed by atoms with Crippen molar-refractivity contribution in [2.24, 2.45) is 0 Å². The van der Waals surface area contributed by atoms with Crippen LogP contribution in [0.4, 0.5) is 4.79 Å². The number of rotatable bonds is 5. The predicted octanol–water partition coefficient (Wildman–Crippen LogP) is 2.90. The van der Waals surface area contributed by atoms with Gasteiger partial charge in [-0.25, -0.2) is 4.79 Å². The molecule has 2 aliphatic carbocycles. The summed E-state index contributed by atoms with van der Waals surface area (Å²) in [6, 6.07) is 0.846. The van der Waals surface area contributed by atoms with Crippen LogP contribution in [0.25, 0.3) is 0 Å². The molecule has 2 rings (SSSR count). The van der Waals surface area contributed by atoms with E-state index in [-0.39, 0.29) is 12.1 Å². The largest absolute Gasteiger partial charge is 0.444 e. The van der Waals surface area contributed by atoms with Gasteiger partial charge in [0.2, 0.25) is 0 Å². The molecule has 23 heavy (non-hydrogen) atoms. The molecule has 2 saturated carbocycles. The summed E-state index contributed by atoms with van der Waals surface area (Å²) in [7, 11) is 4.39. The fraction of sp³-hybridized carbons (Fsp3) is 0.944. The van der Waals surface area contributed by atoms with E-state index in [0.29, 0.717) is 11.6 Å². The van der Waals surface area contributed by atoms with Crippen LogP contribution in [-0.2, 0) is 4.74 Å². The Morgan fingerprint density at radius 2 is 1.70 bits per heavy atom. The van der Waals surface area contributed by atoms with Gasteiger partial charge in [-0.15, -0.1) is 0 Å². The van der Waals surface area contributed by atoms with Crippen molar-refractivity contribution in [2.45, 2.75) is 88.9 Å². The van der Waals surface area contributed by atoms with Gasteiger partial charge in [0.1, 0.15) is 5.60 Å². The van der Waals surface area contributed by atoms with Crippen LogP contribution in [0.5, 0.6) is 0 Å². The molecular formula is C18H35N3O2. The number of alkyl carbamates (subject to hydrolysis) is 1. The number of nitrogens with one attached hydrogen (secondary N) is 2. The first-order chi connectivity index (χ1) is 10.7. The maximum Gasteiger partial charge on any atom is 0.407 e. The summed E-state index contributed by atoms with van der Waals surface area (Å²) in [6.45, 7) is 6.78. The summed E-state index contributed by atoms with van der Waals surface area (Å²) in [5, 5.41) is 6.78. The highest BCUT2D eigenvalue weighted by Crippen LogP contribution is 2.35. The van der Waals surface area contributed by atoms with Crippen LogP contribution < -0.4 is 10.6 Å². The normalized spacial score (nSPS) is 27.4. The first kappa shape index (κ1) is 18.5. The third-order valence-corrected chi connectivity index (χ3v) is 5.40. The summed E-state index contributed by atoms with van der Waals surface area (Å²) in [6.07, 6.45) is 8.01. The summed E-state index contributed by atoms with van der Waals surface area (Å²) in [4.78, 5) is 14.2. The summed E-state index contributed by atoms with van der Waals surface area (Å²) in [5.74, 6) is 0. The molecule has 0 unspecified atom stereocenters. The minimum absolute atomic E-state index is 0.259. The standard InChI is InChI=1S/C18H35N3O2/c1-17(2,3)23-16(22)20-15-9-7-14(8-10-15)19-13-18(21(4)5)11-6-12-18/h14-15,19H,6-13H2,1-5H3,(H,20,22). The zero-order valence-electron chi connectivity index (χ0n) is 15.6. The van der Waals surface area contributed by atoms with E-state index >= 15 is 0 Å². The summed E-state index contributed by atoms with van der Waals surface area (Å²) in [5.41, 5.74) is -0.0439. The molecule has 0 aliphatic heterocycles. The van der Waals surface area contributed by atoms with E-state index in [9.17, 15) is 4.79 Å². The lowest BCUT2D eigenvalue weighted by molar-refractivity contribution is 0.0474. The number of amides is 1. The van der Waals surface area contributed by atoms with Crippen LogP contribution in [0.3, 0.4) is 0 Å². The molecule has 0 aromatic rings. The van der Waals surface area contributed by atoms with Crippen LogP contribution in [0, 0.1) is 0 Å². The van der Waals surface area contributed by atoms with E-state index in [4.69, 9.17) is 4.74 Å². The number of ether oxygens (including phenoxy) is 1. The Kier molecular flexibility index (Phi) is 5.95. The van der Waals surface area contributed by atoms with Gasteiger partial charge in [0.05, 0.1) is 0 Å². The minimum Gasteiger partial charge on any atom is -0.444 e. The Morgan fingerprint density at radius 1 is 1.13 bits per heavy atom. The van der Waals surface area contributed by atoms with Crippen molar-refractivity contribution >= 4 is 6.09 Å². The van der Waals surface area contributed by atoms with E-state index in [1.165, 1.54) is 19.3 Å². The molecule has 0 heterocycles. The highest BCUT2D eigenvalue weighted by molar-refractivity contribution is 5.68. The number of likely N-dealkylation sites (N-methyl/N-ethyl adjacent to an activating group) is 1. The number of carbonyl (C=O) groups is 1. The zero-order chi connectivity index (χ0) is 17.1. The molecule has 134 valence electrons. The molecule has 1 amide bonds. The molecule has 0 radical (unpaired) electrons. The molecule has 0 aromatic carbocycles. The Morgan fingerprint density at radius 3 is 2.13 bits per heavy atom. The van der Waals surface area contributed by atoms with Crippen molar-refractivity contribution in [3.63, 3.8) is 0 Å². The van der Waals surface area contributed by atoms with E-state index in [0.717, 1.165) is 32.2 Å². The molecule has 5 nitrogen and oxygen atoms in total. The Labute approximate surface area is 141 Å². The molecule has 5 heteroatoms. The fourth-order valence-electron chi connectivity index (χ4n) is 3.62. The van der Waals surface area contributed by atoms with Crippen LogP contribution in [0.15, 0.2) is 0 Å². The van der Waals surface area contributed by atoms with Gasteiger partial charge in [0, 0.05) is 24.2 Å². The van der Waals surface area contributed by atoms with Crippen molar-refractivity contribution in [3.8, 4) is 0 Å². The van der Waals surface area contributed by atoms with Crippen molar-refractivity contribution in [3.05, 3.63) is 0 Å². The molecular weight excluding hydrogens is 290 g/mol. The number of hydrogen-bond acceptors (Lipinski definition) is 4. The van der Waals surface area contributed by atoms with Gasteiger partial charge in [0.15, 0.2) is 0 Å². The number of hydrogen-bond donors (Lipinski definition) is 2. The monoisotopic (exact) mass is 325 g/mol. The first-order valence-electron chi connectivity index (χ1n) is 9.10. The summed E-state index contributed by atoms with van der Waals surface area (Å²) >= 11 is 0. The smallest absolute Gasteiger partial charge is 0.407 e. The van der Waals surface area contributed by atoms with Crippen molar-refractivity contribution in [1.29, 1.82) is 0 Å². The lowest BCUT2D eigenvalue weighted by Crippen LogP contribution is -2.58. The van der Waals surface area contributed by atoms with Crippen LogP contribution in [0.2, 0.25) is 0 Å². The second-order valence-electron chi connectivity index (χ2n) is 8.55. The highest BCUT2D eigenvalue weighted by Gasteiger charge is 2.39. The molecule has 2 N–H and O–H groups in total. The Bertz CT molecular complexity index is 392. The molecule has 0 atom stereocenters. The van der Waals surface area contributed by atoms with Gasteiger partial charge < -0.3 is 20.3 Å². The van der Waals surface area contributed by atoms with E-state index in [1.807, 2.05) is 20.8 Å². The van der Waals surface area contributed by atoms with Crippen molar-refractivity contribution < 1.29 is 9.53 Å². The lowest BCUT2D eigenvalue weighted by atomic mass is 9.75. The maximum absolute atomic E-state index is 11.8. The first-order valence-corrected chi connectivity index (χ1v) is 9.10. The second-order valence-corrected chi connectivity index (χ2v) is 8.55. The fourth-order valence-corrected chi connectivity index (χ4v) is 3.62.